The van der Waals surface area contributed by atoms with Crippen LogP contribution in [-0.4, -0.2) is 30.1 Å². The Morgan fingerprint density at radius 1 is 0.812 bits per heavy atom. The Labute approximate surface area is 182 Å². The van der Waals surface area contributed by atoms with E-state index < -0.39 is 0 Å². The van der Waals surface area contributed by atoms with Gasteiger partial charge in [-0.25, -0.2) is 9.37 Å². The smallest absolute Gasteiger partial charge is 0.155 e. The number of rotatable bonds is 3. The molecule has 0 aliphatic heterocycles. The molecule has 0 radical (unpaired) electrons. The quantitative estimate of drug-likeness (QED) is 0.386. The Bertz CT molecular complexity index is 1580. The molecule has 5 heterocycles. The average Bonchev–Trinajstić information content (AvgIpc) is 3.42. The number of hydrogen-bond donors (Lipinski definition) is 2. The molecule has 0 fully saturated rings. The second-order valence-electron chi connectivity index (χ2n) is 7.76. The number of aryl methyl sites for hydroxylation is 1. The van der Waals surface area contributed by atoms with Crippen molar-refractivity contribution in [3.63, 3.8) is 0 Å². The molecule has 6 nitrogen and oxygen atoms in total. The molecule has 5 aromatic heterocycles. The van der Waals surface area contributed by atoms with E-state index in [0.29, 0.717) is 5.65 Å². The molecule has 6 aromatic rings. The second-order valence-corrected chi connectivity index (χ2v) is 7.76. The lowest BCUT2D eigenvalue weighted by molar-refractivity contribution is 0.627. The van der Waals surface area contributed by atoms with E-state index >= 15 is 0 Å². The molecule has 32 heavy (non-hydrogen) atoms. The molecule has 6 rings (SSSR count). The fourth-order valence-corrected chi connectivity index (χ4v) is 4.08. The van der Waals surface area contributed by atoms with Gasteiger partial charge in [0.05, 0.1) is 11.4 Å². The molecular formula is C25H17FN6. The van der Waals surface area contributed by atoms with Gasteiger partial charge in [0.15, 0.2) is 5.65 Å². The van der Waals surface area contributed by atoms with E-state index in [1.807, 2.05) is 43.5 Å². The predicted molar refractivity (Wildman–Crippen MR) is 122 cm³/mol. The Hall–Kier alpha value is -4.39. The molecule has 0 saturated heterocycles. The first-order chi connectivity index (χ1) is 15.7. The first-order valence-corrected chi connectivity index (χ1v) is 10.2. The van der Waals surface area contributed by atoms with Crippen molar-refractivity contribution in [1.29, 1.82) is 0 Å². The van der Waals surface area contributed by atoms with Crippen LogP contribution in [0.15, 0.2) is 73.3 Å². The maximum Gasteiger partial charge on any atom is 0.155 e. The van der Waals surface area contributed by atoms with Gasteiger partial charge >= 0.3 is 0 Å². The first-order valence-electron chi connectivity index (χ1n) is 10.2. The summed E-state index contributed by atoms with van der Waals surface area (Å²) in [6, 6.07) is 14.8. The summed E-state index contributed by atoms with van der Waals surface area (Å²) < 4.78 is 14.0. The normalized spacial score (nSPS) is 11.4. The van der Waals surface area contributed by atoms with Gasteiger partial charge in [0.2, 0.25) is 0 Å². The molecule has 0 atom stereocenters. The van der Waals surface area contributed by atoms with Gasteiger partial charge in [0.25, 0.3) is 0 Å². The molecule has 0 amide bonds. The van der Waals surface area contributed by atoms with Gasteiger partial charge in [0.1, 0.15) is 11.5 Å². The van der Waals surface area contributed by atoms with Gasteiger partial charge in [-0.15, -0.1) is 0 Å². The largest absolute Gasteiger partial charge is 0.353 e. The van der Waals surface area contributed by atoms with Crippen LogP contribution in [0.25, 0.3) is 55.7 Å². The molecule has 0 saturated carbocycles. The number of pyridine rings is 3. The van der Waals surface area contributed by atoms with Crippen LogP contribution in [-0.2, 0) is 0 Å². The fraction of sp³-hybridized carbons (Fsp3) is 0.0400. The minimum Gasteiger partial charge on any atom is -0.353 e. The van der Waals surface area contributed by atoms with Crippen LogP contribution in [0.1, 0.15) is 5.56 Å². The Kier molecular flexibility index (Phi) is 4.07. The van der Waals surface area contributed by atoms with E-state index in [2.05, 4.69) is 36.2 Å². The molecule has 0 aliphatic carbocycles. The van der Waals surface area contributed by atoms with Crippen LogP contribution in [0.2, 0.25) is 0 Å². The van der Waals surface area contributed by atoms with Gasteiger partial charge in [-0.1, -0.05) is 6.07 Å². The van der Waals surface area contributed by atoms with Crippen LogP contribution in [0.3, 0.4) is 0 Å². The Morgan fingerprint density at radius 3 is 2.59 bits per heavy atom. The van der Waals surface area contributed by atoms with Crippen LogP contribution in [0.4, 0.5) is 4.39 Å². The molecule has 7 heteroatoms. The highest BCUT2D eigenvalue weighted by molar-refractivity contribution is 6.00. The lowest BCUT2D eigenvalue weighted by atomic mass is 10.0. The molecule has 1 aromatic carbocycles. The van der Waals surface area contributed by atoms with Crippen molar-refractivity contribution in [2.45, 2.75) is 6.92 Å². The molecule has 0 bridgehead atoms. The number of nitrogens with zero attached hydrogens (tertiary/aromatic N) is 4. The summed E-state index contributed by atoms with van der Waals surface area (Å²) in [5.41, 5.74) is 7.45. The van der Waals surface area contributed by atoms with E-state index in [0.717, 1.165) is 55.6 Å². The minimum atomic E-state index is -0.276. The summed E-state index contributed by atoms with van der Waals surface area (Å²) in [6.45, 7) is 1.87. The van der Waals surface area contributed by atoms with Crippen molar-refractivity contribution >= 4 is 21.9 Å². The van der Waals surface area contributed by atoms with Gasteiger partial charge in [0, 0.05) is 57.8 Å². The van der Waals surface area contributed by atoms with Crippen molar-refractivity contribution in [2.75, 3.05) is 0 Å². The van der Waals surface area contributed by atoms with Crippen LogP contribution >= 0.6 is 0 Å². The highest BCUT2D eigenvalue weighted by Crippen LogP contribution is 2.34. The third-order valence-electron chi connectivity index (χ3n) is 5.53. The topological polar surface area (TPSA) is 83.1 Å². The van der Waals surface area contributed by atoms with Crippen molar-refractivity contribution in [3.05, 3.63) is 84.7 Å². The van der Waals surface area contributed by atoms with Crippen molar-refractivity contribution in [1.82, 2.24) is 30.1 Å². The van der Waals surface area contributed by atoms with E-state index in [4.69, 9.17) is 0 Å². The Balaban J connectivity index is 1.52. The van der Waals surface area contributed by atoms with Gasteiger partial charge in [-0.05, 0) is 55.0 Å². The van der Waals surface area contributed by atoms with Gasteiger partial charge in [-0.3, -0.25) is 15.1 Å². The summed E-state index contributed by atoms with van der Waals surface area (Å²) in [5, 5.41) is 9.32. The summed E-state index contributed by atoms with van der Waals surface area (Å²) >= 11 is 0. The van der Waals surface area contributed by atoms with E-state index in [-0.39, 0.29) is 5.82 Å². The SMILES string of the molecule is Cc1cc(F)cc(-c2nccc3[nH]c(-c4n[nH]c5ncc(-c6cccnc6)cc45)cc23)c1. The average molecular weight is 420 g/mol. The zero-order chi connectivity index (χ0) is 21.7. The maximum atomic E-state index is 14.0. The third kappa shape index (κ3) is 3.02. The monoisotopic (exact) mass is 420 g/mol. The van der Waals surface area contributed by atoms with Crippen LogP contribution in [0, 0.1) is 12.7 Å². The molecule has 0 aliphatic rings. The van der Waals surface area contributed by atoms with Crippen molar-refractivity contribution in [3.8, 4) is 33.8 Å². The molecule has 0 unspecified atom stereocenters. The lowest BCUT2D eigenvalue weighted by Gasteiger charge is -2.04. The van der Waals surface area contributed by atoms with E-state index in [1.54, 1.807) is 18.6 Å². The Morgan fingerprint density at radius 2 is 1.75 bits per heavy atom. The molecule has 154 valence electrons. The summed E-state index contributed by atoms with van der Waals surface area (Å²) in [6.07, 6.45) is 7.09. The van der Waals surface area contributed by atoms with E-state index in [1.165, 1.54) is 12.1 Å². The van der Waals surface area contributed by atoms with Crippen LogP contribution < -0.4 is 0 Å². The van der Waals surface area contributed by atoms with Gasteiger partial charge < -0.3 is 4.98 Å². The lowest BCUT2D eigenvalue weighted by Crippen LogP contribution is -1.87. The van der Waals surface area contributed by atoms with Crippen LogP contribution in [0.5, 0.6) is 0 Å². The highest BCUT2D eigenvalue weighted by atomic mass is 19.1. The zero-order valence-electron chi connectivity index (χ0n) is 17.1. The predicted octanol–water partition coefficient (Wildman–Crippen LogP) is 5.68. The standard InChI is InChI=1S/C25H17FN6/c1-14-7-16(9-18(26)8-14)23-19-11-22(30-21(19)4-6-28-23)24-20-10-17(13-29-25(20)32-31-24)15-3-2-5-27-12-15/h2-13,30H,1H3,(H,29,31,32). The highest BCUT2D eigenvalue weighted by Gasteiger charge is 2.16. The third-order valence-corrected chi connectivity index (χ3v) is 5.53. The minimum absolute atomic E-state index is 0.276. The number of halogens is 1. The van der Waals surface area contributed by atoms with Crippen molar-refractivity contribution in [2.24, 2.45) is 0 Å². The molecule has 0 spiro atoms. The number of nitrogens with one attached hydrogen (secondary N) is 2. The summed E-state index contributed by atoms with van der Waals surface area (Å²) in [5.74, 6) is -0.276. The number of H-pyrrole nitrogens is 2. The molecule has 2 N–H and O–H groups in total. The fourth-order valence-electron chi connectivity index (χ4n) is 4.08. The van der Waals surface area contributed by atoms with E-state index in [9.17, 15) is 4.39 Å². The zero-order valence-corrected chi connectivity index (χ0v) is 17.1. The van der Waals surface area contributed by atoms with Crippen molar-refractivity contribution < 1.29 is 4.39 Å². The number of aromatic nitrogens is 6. The number of aromatic amines is 2. The molecular weight excluding hydrogens is 403 g/mol. The number of fused-ring (bicyclic) bond motifs is 2. The second kappa shape index (κ2) is 7.09. The van der Waals surface area contributed by atoms with Gasteiger partial charge in [-0.2, -0.15) is 5.10 Å². The first kappa shape index (κ1) is 18.4. The number of benzene rings is 1. The summed E-state index contributed by atoms with van der Waals surface area (Å²) in [4.78, 5) is 16.7. The number of hydrogen-bond acceptors (Lipinski definition) is 4. The maximum absolute atomic E-state index is 14.0. The summed E-state index contributed by atoms with van der Waals surface area (Å²) in [7, 11) is 0.